The first-order valence-electron chi connectivity index (χ1n) is 6.42. The second kappa shape index (κ2) is 5.22. The van der Waals surface area contributed by atoms with Crippen molar-refractivity contribution in [2.24, 2.45) is 7.05 Å². The van der Waals surface area contributed by atoms with Crippen LogP contribution in [0.3, 0.4) is 0 Å². The lowest BCUT2D eigenvalue weighted by molar-refractivity contribution is 0.630. The predicted molar refractivity (Wildman–Crippen MR) is 83.5 cm³/mol. The second-order valence-corrected chi connectivity index (χ2v) is 5.10. The Bertz CT molecular complexity index is 811. The number of nitrogen functional groups attached to an aromatic ring is 1. The molecule has 106 valence electrons. The number of rotatable bonds is 2. The van der Waals surface area contributed by atoms with Gasteiger partial charge in [0.05, 0.1) is 5.56 Å². The standard InChI is InChI=1S/C16H13ClFN3/c1-21-16(19)14(10-6-2-4-8-12(10)17)15(20-21)11-7-3-5-9-13(11)18/h2-9H,19H2,1H3. The molecule has 1 aromatic heterocycles. The van der Waals surface area contributed by atoms with Crippen LogP contribution in [0.1, 0.15) is 0 Å². The zero-order chi connectivity index (χ0) is 15.0. The van der Waals surface area contributed by atoms with Crippen LogP contribution in [0, 0.1) is 5.82 Å². The number of nitrogens with zero attached hydrogens (tertiary/aromatic N) is 2. The molecule has 0 atom stereocenters. The third kappa shape index (κ3) is 2.28. The maximum Gasteiger partial charge on any atom is 0.132 e. The first-order valence-corrected chi connectivity index (χ1v) is 6.79. The van der Waals surface area contributed by atoms with Crippen LogP contribution in [0.25, 0.3) is 22.4 Å². The lowest BCUT2D eigenvalue weighted by atomic mass is 10.0. The van der Waals surface area contributed by atoms with Crippen LogP contribution in [-0.4, -0.2) is 9.78 Å². The highest BCUT2D eigenvalue weighted by atomic mass is 35.5. The van der Waals surface area contributed by atoms with Gasteiger partial charge in [0.15, 0.2) is 0 Å². The van der Waals surface area contributed by atoms with Gasteiger partial charge in [0.2, 0.25) is 0 Å². The van der Waals surface area contributed by atoms with E-state index in [1.807, 2.05) is 18.2 Å². The molecule has 0 radical (unpaired) electrons. The van der Waals surface area contributed by atoms with E-state index in [0.717, 1.165) is 5.56 Å². The Balaban J connectivity index is 2.32. The summed E-state index contributed by atoms with van der Waals surface area (Å²) in [4.78, 5) is 0. The first kappa shape index (κ1) is 13.6. The van der Waals surface area contributed by atoms with Crippen LogP contribution in [0.5, 0.6) is 0 Å². The average molecular weight is 302 g/mol. The maximum atomic E-state index is 14.1. The third-order valence-electron chi connectivity index (χ3n) is 3.36. The normalized spacial score (nSPS) is 10.8. The van der Waals surface area contributed by atoms with E-state index in [4.69, 9.17) is 17.3 Å². The van der Waals surface area contributed by atoms with Crippen molar-refractivity contribution >= 4 is 17.4 Å². The average Bonchev–Trinajstić information content (AvgIpc) is 2.76. The lowest BCUT2D eigenvalue weighted by Crippen LogP contribution is -1.98. The van der Waals surface area contributed by atoms with Gasteiger partial charge < -0.3 is 5.73 Å². The van der Waals surface area contributed by atoms with Gasteiger partial charge in [-0.25, -0.2) is 4.39 Å². The molecule has 0 aliphatic heterocycles. The molecule has 21 heavy (non-hydrogen) atoms. The van der Waals surface area contributed by atoms with E-state index in [2.05, 4.69) is 5.10 Å². The molecule has 0 bridgehead atoms. The summed E-state index contributed by atoms with van der Waals surface area (Å²) in [6.07, 6.45) is 0. The van der Waals surface area contributed by atoms with E-state index >= 15 is 0 Å². The van der Waals surface area contributed by atoms with E-state index < -0.39 is 0 Å². The molecule has 5 heteroatoms. The summed E-state index contributed by atoms with van der Waals surface area (Å²) in [7, 11) is 1.72. The smallest absolute Gasteiger partial charge is 0.132 e. The Morgan fingerprint density at radius 1 is 1.05 bits per heavy atom. The van der Waals surface area contributed by atoms with E-state index in [1.54, 1.807) is 31.3 Å². The Kier molecular flexibility index (Phi) is 3.39. The summed E-state index contributed by atoms with van der Waals surface area (Å²) in [5.74, 6) is 0.102. The zero-order valence-electron chi connectivity index (χ0n) is 11.3. The van der Waals surface area contributed by atoms with Crippen LogP contribution in [-0.2, 0) is 7.05 Å². The third-order valence-corrected chi connectivity index (χ3v) is 3.69. The van der Waals surface area contributed by atoms with Gasteiger partial charge in [-0.3, -0.25) is 4.68 Å². The van der Waals surface area contributed by atoms with Gasteiger partial charge in [-0.05, 0) is 18.2 Å². The zero-order valence-corrected chi connectivity index (χ0v) is 12.1. The van der Waals surface area contributed by atoms with Crippen molar-refractivity contribution in [2.75, 3.05) is 5.73 Å². The molecule has 2 aromatic carbocycles. The lowest BCUT2D eigenvalue weighted by Gasteiger charge is -2.07. The molecular weight excluding hydrogens is 289 g/mol. The summed E-state index contributed by atoms with van der Waals surface area (Å²) in [6, 6.07) is 13.8. The molecule has 0 saturated carbocycles. The molecule has 3 nitrogen and oxygen atoms in total. The summed E-state index contributed by atoms with van der Waals surface area (Å²) in [5.41, 5.74) is 8.39. The number of anilines is 1. The Morgan fingerprint density at radius 3 is 2.33 bits per heavy atom. The van der Waals surface area contributed by atoms with Crippen LogP contribution in [0.4, 0.5) is 10.2 Å². The van der Waals surface area contributed by atoms with E-state index in [-0.39, 0.29) is 5.82 Å². The number of aromatic nitrogens is 2. The van der Waals surface area contributed by atoms with Crippen LogP contribution >= 0.6 is 11.6 Å². The highest BCUT2D eigenvalue weighted by Crippen LogP contribution is 2.39. The van der Waals surface area contributed by atoms with Gasteiger partial charge in [0.1, 0.15) is 17.3 Å². The van der Waals surface area contributed by atoms with Crippen LogP contribution in [0.2, 0.25) is 5.02 Å². The fourth-order valence-corrected chi connectivity index (χ4v) is 2.54. The van der Waals surface area contributed by atoms with Crippen molar-refractivity contribution in [3.05, 3.63) is 59.4 Å². The Morgan fingerprint density at radius 2 is 1.67 bits per heavy atom. The van der Waals surface area contributed by atoms with Crippen molar-refractivity contribution in [3.63, 3.8) is 0 Å². The molecule has 1 heterocycles. The van der Waals surface area contributed by atoms with Gasteiger partial charge in [0.25, 0.3) is 0 Å². The molecule has 0 saturated heterocycles. The van der Waals surface area contributed by atoms with E-state index in [1.165, 1.54) is 10.7 Å². The van der Waals surface area contributed by atoms with E-state index in [9.17, 15) is 4.39 Å². The van der Waals surface area contributed by atoms with Crippen LogP contribution < -0.4 is 5.73 Å². The molecule has 0 aliphatic rings. The molecule has 3 aromatic rings. The number of hydrogen-bond donors (Lipinski definition) is 1. The molecule has 3 rings (SSSR count). The predicted octanol–water partition coefficient (Wildman–Crippen LogP) is 4.13. The van der Waals surface area contributed by atoms with Gasteiger partial charge in [-0.2, -0.15) is 5.10 Å². The molecule has 0 unspecified atom stereocenters. The number of nitrogens with two attached hydrogens (primary N) is 1. The summed E-state index contributed by atoms with van der Waals surface area (Å²) >= 11 is 6.25. The number of halogens is 2. The molecule has 0 amide bonds. The van der Waals surface area contributed by atoms with Crippen LogP contribution in [0.15, 0.2) is 48.5 Å². The largest absolute Gasteiger partial charge is 0.383 e. The SMILES string of the molecule is Cn1nc(-c2ccccc2F)c(-c2ccccc2Cl)c1N. The highest BCUT2D eigenvalue weighted by molar-refractivity contribution is 6.33. The fourth-order valence-electron chi connectivity index (χ4n) is 2.31. The second-order valence-electron chi connectivity index (χ2n) is 4.69. The summed E-state index contributed by atoms with van der Waals surface area (Å²) < 4.78 is 15.6. The highest BCUT2D eigenvalue weighted by Gasteiger charge is 2.20. The Hall–Kier alpha value is -2.33. The van der Waals surface area contributed by atoms with Crippen molar-refractivity contribution < 1.29 is 4.39 Å². The van der Waals surface area contributed by atoms with Gasteiger partial charge in [-0.1, -0.05) is 41.9 Å². The summed E-state index contributed by atoms with van der Waals surface area (Å²) in [5, 5.41) is 4.90. The molecule has 0 fully saturated rings. The molecular formula is C16H13ClFN3. The van der Waals surface area contributed by atoms with Crippen molar-refractivity contribution in [1.82, 2.24) is 9.78 Å². The fraction of sp³-hybridized carbons (Fsp3) is 0.0625. The minimum atomic E-state index is -0.344. The van der Waals surface area contributed by atoms with Crippen molar-refractivity contribution in [1.29, 1.82) is 0 Å². The number of aryl methyl sites for hydroxylation is 1. The number of hydrogen-bond acceptors (Lipinski definition) is 2. The molecule has 2 N–H and O–H groups in total. The Labute approximate surface area is 126 Å². The molecule has 0 spiro atoms. The van der Waals surface area contributed by atoms with Gasteiger partial charge in [-0.15, -0.1) is 0 Å². The van der Waals surface area contributed by atoms with Crippen molar-refractivity contribution in [3.8, 4) is 22.4 Å². The topological polar surface area (TPSA) is 43.8 Å². The van der Waals surface area contributed by atoms with Crippen molar-refractivity contribution in [2.45, 2.75) is 0 Å². The molecule has 0 aliphatic carbocycles. The van der Waals surface area contributed by atoms with Gasteiger partial charge >= 0.3 is 0 Å². The maximum absolute atomic E-state index is 14.1. The van der Waals surface area contributed by atoms with E-state index in [0.29, 0.717) is 27.7 Å². The van der Waals surface area contributed by atoms with Gasteiger partial charge in [0, 0.05) is 23.2 Å². The summed E-state index contributed by atoms with van der Waals surface area (Å²) in [6.45, 7) is 0. The minimum Gasteiger partial charge on any atom is -0.383 e. The quantitative estimate of drug-likeness (QED) is 0.773. The minimum absolute atomic E-state index is 0.344. The monoisotopic (exact) mass is 301 g/mol. The number of benzene rings is 2. The first-order chi connectivity index (χ1) is 10.1.